The molecule has 1 atom stereocenters. The van der Waals surface area contributed by atoms with Gasteiger partial charge in [-0.25, -0.2) is 8.42 Å². The lowest BCUT2D eigenvalue weighted by atomic mass is 9.99. The topological polar surface area (TPSA) is 57.7 Å². The van der Waals surface area contributed by atoms with E-state index in [9.17, 15) is 13.2 Å². The summed E-state index contributed by atoms with van der Waals surface area (Å²) in [5.74, 6) is 0.472. The fourth-order valence-corrected chi connectivity index (χ4v) is 5.81. The maximum absolute atomic E-state index is 12.9. The highest BCUT2D eigenvalue weighted by Gasteiger charge is 2.42. The Kier molecular flexibility index (Phi) is 4.88. The Balaban J connectivity index is 1.38. The zero-order valence-corrected chi connectivity index (χ0v) is 15.8. The Hall–Kier alpha value is -1.66. The summed E-state index contributed by atoms with van der Waals surface area (Å²) in [7, 11) is -2.97. The molecule has 1 saturated heterocycles. The molecule has 1 saturated carbocycles. The van der Waals surface area contributed by atoms with Crippen molar-refractivity contribution in [1.82, 2.24) is 9.80 Å². The molecular weight excluding hydrogens is 348 g/mol. The molecule has 2 heterocycles. The molecule has 140 valence electrons. The third-order valence-corrected chi connectivity index (χ3v) is 7.38. The average Bonchev–Trinajstić information content (AvgIpc) is 3.39. The number of amides is 1. The first-order valence-electron chi connectivity index (χ1n) is 9.50. The molecule has 1 aromatic carbocycles. The molecular formula is C20H26N2O3S. The summed E-state index contributed by atoms with van der Waals surface area (Å²) in [5.41, 5.74) is 2.60. The Bertz CT molecular complexity index is 800. The molecule has 0 radical (unpaired) electrons. The predicted molar refractivity (Wildman–Crippen MR) is 102 cm³/mol. The summed E-state index contributed by atoms with van der Waals surface area (Å²) in [6, 6.07) is 10.5. The fourth-order valence-electron chi connectivity index (χ4n) is 4.10. The number of carbonyl (C=O) groups excluding carboxylic acids is 1. The molecule has 1 amide bonds. The molecule has 26 heavy (non-hydrogen) atoms. The number of benzene rings is 1. The summed E-state index contributed by atoms with van der Waals surface area (Å²) < 4.78 is 23.6. The minimum Gasteiger partial charge on any atom is -0.335 e. The van der Waals surface area contributed by atoms with E-state index >= 15 is 0 Å². The van der Waals surface area contributed by atoms with Crippen LogP contribution in [0.3, 0.4) is 0 Å². The molecule has 5 nitrogen and oxygen atoms in total. The van der Waals surface area contributed by atoms with Gasteiger partial charge in [0.15, 0.2) is 9.84 Å². The summed E-state index contributed by atoms with van der Waals surface area (Å²) >= 11 is 0. The first kappa shape index (κ1) is 17.7. The molecule has 6 heteroatoms. The monoisotopic (exact) mass is 374 g/mol. The first-order valence-corrected chi connectivity index (χ1v) is 11.3. The van der Waals surface area contributed by atoms with Crippen molar-refractivity contribution in [2.45, 2.75) is 37.8 Å². The molecule has 0 aromatic heterocycles. The highest BCUT2D eigenvalue weighted by molar-refractivity contribution is 7.91. The predicted octanol–water partition coefficient (Wildman–Crippen LogP) is 1.95. The van der Waals surface area contributed by atoms with E-state index in [4.69, 9.17) is 0 Å². The second-order valence-electron chi connectivity index (χ2n) is 7.67. The Labute approximate surface area is 155 Å². The molecule has 1 aromatic rings. The fraction of sp³-hybridized carbons (Fsp3) is 0.550. The van der Waals surface area contributed by atoms with Gasteiger partial charge in [-0.15, -0.1) is 0 Å². The van der Waals surface area contributed by atoms with E-state index < -0.39 is 9.84 Å². The van der Waals surface area contributed by atoms with Crippen LogP contribution in [-0.4, -0.2) is 67.3 Å². The van der Waals surface area contributed by atoms with Crippen molar-refractivity contribution in [2.75, 3.05) is 31.1 Å². The van der Waals surface area contributed by atoms with Crippen molar-refractivity contribution in [3.8, 4) is 0 Å². The van der Waals surface area contributed by atoms with Crippen LogP contribution in [0.5, 0.6) is 0 Å². The maximum atomic E-state index is 12.9. The van der Waals surface area contributed by atoms with Crippen LogP contribution in [0.1, 0.15) is 31.2 Å². The van der Waals surface area contributed by atoms with Crippen LogP contribution in [0.15, 0.2) is 36.4 Å². The van der Waals surface area contributed by atoms with Gasteiger partial charge in [-0.1, -0.05) is 36.4 Å². The number of rotatable bonds is 5. The second kappa shape index (κ2) is 7.16. The van der Waals surface area contributed by atoms with Crippen molar-refractivity contribution in [3.05, 3.63) is 42.0 Å². The molecule has 3 aliphatic rings. The largest absolute Gasteiger partial charge is 0.335 e. The normalized spacial score (nSPS) is 25.7. The number of hydrogen-bond acceptors (Lipinski definition) is 4. The third kappa shape index (κ3) is 4.01. The van der Waals surface area contributed by atoms with Crippen LogP contribution in [0, 0.1) is 0 Å². The second-order valence-corrected chi connectivity index (χ2v) is 9.90. The Morgan fingerprint density at radius 3 is 2.46 bits per heavy atom. The van der Waals surface area contributed by atoms with E-state index in [1.165, 1.54) is 11.1 Å². The first-order chi connectivity index (χ1) is 12.5. The van der Waals surface area contributed by atoms with Gasteiger partial charge in [-0.2, -0.15) is 0 Å². The molecule has 0 N–H and O–H groups in total. The van der Waals surface area contributed by atoms with Gasteiger partial charge in [0.25, 0.3) is 0 Å². The number of sulfone groups is 1. The minimum absolute atomic E-state index is 0.103. The standard InChI is InChI=1S/C20H26N2O3S/c23-20(22(18-6-7-18)19-10-13-26(24,25)15-19)14-21-11-8-17(9-12-21)16-4-2-1-3-5-16/h1-5,8,18-19H,6-7,9-15H2. The van der Waals surface area contributed by atoms with Crippen molar-refractivity contribution in [3.63, 3.8) is 0 Å². The van der Waals surface area contributed by atoms with Crippen LogP contribution in [0.25, 0.3) is 5.57 Å². The molecule has 2 aliphatic heterocycles. The van der Waals surface area contributed by atoms with Gasteiger partial charge >= 0.3 is 0 Å². The van der Waals surface area contributed by atoms with Crippen molar-refractivity contribution in [1.29, 1.82) is 0 Å². The van der Waals surface area contributed by atoms with Gasteiger partial charge in [0.05, 0.1) is 18.1 Å². The lowest BCUT2D eigenvalue weighted by Gasteiger charge is -2.32. The van der Waals surface area contributed by atoms with Gasteiger partial charge in [-0.05, 0) is 36.8 Å². The summed E-state index contributed by atoms with van der Waals surface area (Å²) in [5, 5.41) is 0. The SMILES string of the molecule is O=C(CN1CC=C(c2ccccc2)CC1)N(C1CC1)C1CCS(=O)(=O)C1. The van der Waals surface area contributed by atoms with Gasteiger partial charge in [-0.3, -0.25) is 9.69 Å². The van der Waals surface area contributed by atoms with Gasteiger partial charge in [0, 0.05) is 25.2 Å². The minimum atomic E-state index is -2.97. The van der Waals surface area contributed by atoms with E-state index in [0.717, 1.165) is 32.4 Å². The van der Waals surface area contributed by atoms with Gasteiger partial charge in [0.2, 0.25) is 5.91 Å². The lowest BCUT2D eigenvalue weighted by molar-refractivity contribution is -0.134. The highest BCUT2D eigenvalue weighted by atomic mass is 32.2. The number of nitrogens with zero attached hydrogens (tertiary/aromatic N) is 2. The molecule has 0 spiro atoms. The number of hydrogen-bond donors (Lipinski definition) is 0. The van der Waals surface area contributed by atoms with Gasteiger partial charge < -0.3 is 4.90 Å². The third-order valence-electron chi connectivity index (χ3n) is 5.63. The van der Waals surface area contributed by atoms with Gasteiger partial charge in [0.1, 0.15) is 0 Å². The highest BCUT2D eigenvalue weighted by Crippen LogP contribution is 2.32. The molecule has 4 rings (SSSR count). The van der Waals surface area contributed by atoms with Crippen LogP contribution < -0.4 is 0 Å². The maximum Gasteiger partial charge on any atom is 0.237 e. The summed E-state index contributed by atoms with van der Waals surface area (Å²) in [4.78, 5) is 17.0. The zero-order chi connectivity index (χ0) is 18.1. The molecule has 1 unspecified atom stereocenters. The van der Waals surface area contributed by atoms with Crippen LogP contribution in [0.2, 0.25) is 0 Å². The van der Waals surface area contributed by atoms with E-state index in [1.54, 1.807) is 0 Å². The molecule has 0 bridgehead atoms. The van der Waals surface area contributed by atoms with Crippen LogP contribution in [0.4, 0.5) is 0 Å². The van der Waals surface area contributed by atoms with Crippen LogP contribution in [-0.2, 0) is 14.6 Å². The Morgan fingerprint density at radius 2 is 1.88 bits per heavy atom. The number of carbonyl (C=O) groups is 1. The van der Waals surface area contributed by atoms with E-state index in [1.807, 2.05) is 11.0 Å². The van der Waals surface area contributed by atoms with Crippen molar-refractivity contribution >= 4 is 21.3 Å². The van der Waals surface area contributed by atoms with Crippen LogP contribution >= 0.6 is 0 Å². The van der Waals surface area contributed by atoms with E-state index in [0.29, 0.717) is 13.0 Å². The van der Waals surface area contributed by atoms with E-state index in [-0.39, 0.29) is 29.5 Å². The quantitative estimate of drug-likeness (QED) is 0.791. The summed E-state index contributed by atoms with van der Waals surface area (Å²) in [6.07, 6.45) is 5.79. The van der Waals surface area contributed by atoms with Crippen molar-refractivity contribution < 1.29 is 13.2 Å². The average molecular weight is 375 g/mol. The smallest absolute Gasteiger partial charge is 0.237 e. The lowest BCUT2D eigenvalue weighted by Crippen LogP contribution is -2.48. The van der Waals surface area contributed by atoms with E-state index in [2.05, 4.69) is 35.2 Å². The Morgan fingerprint density at radius 1 is 1.12 bits per heavy atom. The molecule has 1 aliphatic carbocycles. The van der Waals surface area contributed by atoms with Crippen molar-refractivity contribution in [2.24, 2.45) is 0 Å². The summed E-state index contributed by atoms with van der Waals surface area (Å²) in [6.45, 7) is 2.04. The zero-order valence-electron chi connectivity index (χ0n) is 15.0. The molecule has 2 fully saturated rings.